The van der Waals surface area contributed by atoms with Crippen LogP contribution in [0.3, 0.4) is 0 Å². The average Bonchev–Trinajstić information content (AvgIpc) is 3.83. The van der Waals surface area contributed by atoms with Gasteiger partial charge in [-0.2, -0.15) is 17.5 Å². The number of nitrogens with zero attached hydrogens (tertiary/aromatic N) is 2. The molecule has 3 aromatic rings. The SMILES string of the molecule is CCN(C1(C(=O)CCC(=N)Cc2cc(CC3CCCCC(C4CCCCC4)CCCC3)nc(-c3ccc(C(F)(F)F)cc3)c2)CC1)S(=O)(=O)c1ccc(Cl)s1. The summed E-state index contributed by atoms with van der Waals surface area (Å²) in [7, 11) is -3.91. The number of Topliss-reactive ketones (excluding diaryl/α,β-unsaturated/α-hetero) is 1. The molecule has 6 rings (SSSR count). The number of ketones is 1. The van der Waals surface area contributed by atoms with Crippen molar-refractivity contribution in [2.24, 2.45) is 17.8 Å². The van der Waals surface area contributed by atoms with E-state index in [0.717, 1.165) is 65.8 Å². The Labute approximate surface area is 334 Å². The van der Waals surface area contributed by atoms with Crippen molar-refractivity contribution in [2.75, 3.05) is 6.54 Å². The largest absolute Gasteiger partial charge is 0.416 e. The molecule has 0 amide bonds. The third-order valence-corrected chi connectivity index (χ3v) is 16.0. The molecular formula is C43H55ClF3N3O3S2. The molecule has 1 N–H and O–H groups in total. The van der Waals surface area contributed by atoms with Gasteiger partial charge in [-0.05, 0) is 85.4 Å². The van der Waals surface area contributed by atoms with E-state index >= 15 is 0 Å². The lowest BCUT2D eigenvalue weighted by atomic mass is 9.74. The number of sulfonamides is 1. The Bertz CT molecular complexity index is 1870. The molecule has 2 aromatic heterocycles. The lowest BCUT2D eigenvalue weighted by Gasteiger charge is -2.31. The van der Waals surface area contributed by atoms with Crippen LogP contribution in [0.25, 0.3) is 11.3 Å². The van der Waals surface area contributed by atoms with Crippen LogP contribution < -0.4 is 0 Å². The van der Waals surface area contributed by atoms with Gasteiger partial charge in [-0.25, -0.2) is 8.42 Å². The molecule has 1 aromatic carbocycles. The number of nitrogens with one attached hydrogen (secondary N) is 1. The first-order valence-corrected chi connectivity index (χ1v) is 23.0. The maximum Gasteiger partial charge on any atom is 0.416 e. The summed E-state index contributed by atoms with van der Waals surface area (Å²) in [4.78, 5) is 18.6. The van der Waals surface area contributed by atoms with Gasteiger partial charge in [0, 0.05) is 36.4 Å². The maximum absolute atomic E-state index is 13.7. The van der Waals surface area contributed by atoms with Crippen molar-refractivity contribution < 1.29 is 26.4 Å². The van der Waals surface area contributed by atoms with Crippen LogP contribution in [0.5, 0.6) is 0 Å². The van der Waals surface area contributed by atoms with Gasteiger partial charge < -0.3 is 5.41 Å². The van der Waals surface area contributed by atoms with Gasteiger partial charge in [-0.15, -0.1) is 11.3 Å². The smallest absolute Gasteiger partial charge is 0.309 e. The van der Waals surface area contributed by atoms with E-state index in [1.165, 1.54) is 99.2 Å². The van der Waals surface area contributed by atoms with Gasteiger partial charge in [0.05, 0.1) is 21.1 Å². The zero-order valence-electron chi connectivity index (χ0n) is 31.9. The highest BCUT2D eigenvalue weighted by Gasteiger charge is 2.57. The van der Waals surface area contributed by atoms with Crippen LogP contribution in [0.15, 0.2) is 52.7 Å². The number of likely N-dealkylation sites (N-methyl/N-ethyl adjacent to an activating group) is 1. The molecule has 3 aliphatic rings. The molecule has 0 aliphatic heterocycles. The maximum atomic E-state index is 13.7. The van der Waals surface area contributed by atoms with Crippen LogP contribution in [0, 0.1) is 23.2 Å². The Kier molecular flexibility index (Phi) is 14.0. The summed E-state index contributed by atoms with van der Waals surface area (Å²) in [6.07, 6.45) is 14.5. The summed E-state index contributed by atoms with van der Waals surface area (Å²) in [5, 5.41) is 8.90. The number of rotatable bonds is 14. The van der Waals surface area contributed by atoms with E-state index in [1.807, 2.05) is 12.1 Å². The summed E-state index contributed by atoms with van der Waals surface area (Å²) in [5.74, 6) is 2.05. The molecule has 0 unspecified atom stereocenters. The number of aromatic nitrogens is 1. The zero-order chi connectivity index (χ0) is 39.2. The molecule has 3 fully saturated rings. The number of alkyl halides is 3. The predicted molar refractivity (Wildman–Crippen MR) is 215 cm³/mol. The molecule has 2 heterocycles. The van der Waals surface area contributed by atoms with Crippen LogP contribution in [0.1, 0.15) is 133 Å². The van der Waals surface area contributed by atoms with Gasteiger partial charge in [0.1, 0.15) is 4.21 Å². The van der Waals surface area contributed by atoms with E-state index in [1.54, 1.807) is 6.92 Å². The predicted octanol–water partition coefficient (Wildman–Crippen LogP) is 12.1. The Morgan fingerprint density at radius 2 is 1.49 bits per heavy atom. The van der Waals surface area contributed by atoms with Gasteiger partial charge in [0.15, 0.2) is 5.78 Å². The number of hydrogen-bond donors (Lipinski definition) is 1. The number of pyridine rings is 1. The summed E-state index contributed by atoms with van der Waals surface area (Å²) in [6, 6.07) is 12.0. The Hall–Kier alpha value is -2.60. The van der Waals surface area contributed by atoms with E-state index in [-0.39, 0.29) is 35.8 Å². The van der Waals surface area contributed by atoms with E-state index in [9.17, 15) is 26.4 Å². The lowest BCUT2D eigenvalue weighted by molar-refractivity contribution is -0.137. The third-order valence-electron chi connectivity index (χ3n) is 12.3. The van der Waals surface area contributed by atoms with Crippen molar-refractivity contribution in [2.45, 2.75) is 145 Å². The zero-order valence-corrected chi connectivity index (χ0v) is 34.3. The van der Waals surface area contributed by atoms with Gasteiger partial charge in [0.2, 0.25) is 0 Å². The second-order valence-corrected chi connectivity index (χ2v) is 20.0. The second-order valence-electron chi connectivity index (χ2n) is 16.2. The molecule has 0 atom stereocenters. The summed E-state index contributed by atoms with van der Waals surface area (Å²) in [5.41, 5.74) is 1.40. The first-order chi connectivity index (χ1) is 26.3. The average molecular weight is 819 g/mol. The minimum atomic E-state index is -4.44. The first kappa shape index (κ1) is 42.0. The van der Waals surface area contributed by atoms with Crippen molar-refractivity contribution in [1.29, 1.82) is 5.41 Å². The molecule has 0 radical (unpaired) electrons. The Morgan fingerprint density at radius 3 is 2.04 bits per heavy atom. The van der Waals surface area contributed by atoms with Crippen LogP contribution in [-0.2, 0) is 33.8 Å². The molecular weight excluding hydrogens is 763 g/mol. The summed E-state index contributed by atoms with van der Waals surface area (Å²) in [6.45, 7) is 1.88. The van der Waals surface area contributed by atoms with Gasteiger partial charge in [-0.1, -0.05) is 114 Å². The molecule has 0 bridgehead atoms. The number of carbonyl (C=O) groups excluding carboxylic acids is 1. The second kappa shape index (κ2) is 18.3. The molecule has 6 nitrogen and oxygen atoms in total. The molecule has 55 heavy (non-hydrogen) atoms. The highest BCUT2D eigenvalue weighted by Crippen LogP contribution is 2.47. The van der Waals surface area contributed by atoms with E-state index in [4.69, 9.17) is 22.0 Å². The fourth-order valence-corrected chi connectivity index (χ4v) is 12.7. The van der Waals surface area contributed by atoms with Crippen LogP contribution in [0.2, 0.25) is 4.34 Å². The van der Waals surface area contributed by atoms with Gasteiger partial charge in [-0.3, -0.25) is 9.78 Å². The van der Waals surface area contributed by atoms with Crippen LogP contribution in [0.4, 0.5) is 13.2 Å². The highest BCUT2D eigenvalue weighted by atomic mass is 35.5. The number of benzene rings is 1. The van der Waals surface area contributed by atoms with Crippen molar-refractivity contribution in [3.05, 3.63) is 69.7 Å². The summed E-state index contributed by atoms with van der Waals surface area (Å²) >= 11 is 7.00. The van der Waals surface area contributed by atoms with E-state index in [2.05, 4.69) is 0 Å². The summed E-state index contributed by atoms with van der Waals surface area (Å²) < 4.78 is 69.0. The molecule has 3 saturated carbocycles. The normalized spacial score (nSPS) is 21.3. The highest BCUT2D eigenvalue weighted by molar-refractivity contribution is 7.91. The number of carbonyl (C=O) groups is 1. The topological polar surface area (TPSA) is 91.2 Å². The van der Waals surface area contributed by atoms with E-state index < -0.39 is 27.3 Å². The molecule has 12 heteroatoms. The van der Waals surface area contributed by atoms with Crippen LogP contribution in [-0.4, -0.2) is 41.3 Å². The number of halogens is 4. The first-order valence-electron chi connectivity index (χ1n) is 20.3. The van der Waals surface area contributed by atoms with Crippen molar-refractivity contribution in [3.63, 3.8) is 0 Å². The fraction of sp³-hybridized carbons (Fsp3) is 0.605. The Balaban J connectivity index is 1.14. The van der Waals surface area contributed by atoms with Crippen molar-refractivity contribution in [1.82, 2.24) is 9.29 Å². The fourth-order valence-electron chi connectivity index (χ4n) is 9.24. The molecule has 3 aliphatic carbocycles. The standard InChI is InChI=1S/C43H55ClF3N3O3S2/c1-2-50(55(52,53)41-23-22-40(44)54-41)42(24-25-42)39(51)21-20-36(48)26-31-28-37(49-38(29-31)34-16-18-35(19-17-34)43(45,46)47)27-30-10-6-8-14-33(15-9-7-11-30)32-12-4-3-5-13-32/h16-19,22-23,28-30,32-33,48H,2-15,20-21,24-27H2,1H3. The molecule has 300 valence electrons. The minimum absolute atomic E-state index is 0.0451. The monoisotopic (exact) mass is 817 g/mol. The quantitative estimate of drug-likeness (QED) is 0.164. The molecule has 0 spiro atoms. The third kappa shape index (κ3) is 10.7. The van der Waals surface area contributed by atoms with Crippen molar-refractivity contribution >= 4 is 44.5 Å². The number of thiophene rings is 1. The minimum Gasteiger partial charge on any atom is -0.309 e. The van der Waals surface area contributed by atoms with Gasteiger partial charge in [0.25, 0.3) is 10.0 Å². The van der Waals surface area contributed by atoms with Gasteiger partial charge >= 0.3 is 6.18 Å². The molecule has 0 saturated heterocycles. The van der Waals surface area contributed by atoms with Crippen LogP contribution >= 0.6 is 22.9 Å². The lowest BCUT2D eigenvalue weighted by Crippen LogP contribution is -2.47. The van der Waals surface area contributed by atoms with E-state index in [0.29, 0.717) is 40.1 Å². The Morgan fingerprint density at radius 1 is 0.891 bits per heavy atom. The number of hydrogen-bond acceptors (Lipinski definition) is 6. The van der Waals surface area contributed by atoms with Crippen molar-refractivity contribution in [3.8, 4) is 11.3 Å².